The van der Waals surface area contributed by atoms with Crippen molar-refractivity contribution in [3.05, 3.63) is 60.7 Å². The highest BCUT2D eigenvalue weighted by Crippen LogP contribution is 2.44. The molecule has 2 aromatic carbocycles. The number of benzene rings is 2. The van der Waals surface area contributed by atoms with Gasteiger partial charge in [0.2, 0.25) is 0 Å². The second-order valence-corrected chi connectivity index (χ2v) is 9.35. The highest BCUT2D eigenvalue weighted by molar-refractivity contribution is 7.79. The van der Waals surface area contributed by atoms with Crippen LogP contribution in [-0.2, 0) is 4.57 Å². The first-order valence-corrected chi connectivity index (χ1v) is 10.6. The predicted molar refractivity (Wildman–Crippen MR) is 103 cm³/mol. The number of nitrogens with two attached hydrogens (primary N) is 1. The lowest BCUT2D eigenvalue weighted by molar-refractivity contribution is 0.437. The van der Waals surface area contributed by atoms with E-state index >= 15 is 0 Å². The van der Waals surface area contributed by atoms with Crippen LogP contribution in [0.5, 0.6) is 0 Å². The van der Waals surface area contributed by atoms with Crippen molar-refractivity contribution in [1.82, 2.24) is 0 Å². The first-order chi connectivity index (χ1) is 11.7. The third-order valence-electron chi connectivity index (χ3n) is 4.97. The first-order valence-electron chi connectivity index (χ1n) is 8.71. The summed E-state index contributed by atoms with van der Waals surface area (Å²) in [6, 6.07) is 19.6. The summed E-state index contributed by atoms with van der Waals surface area (Å²) in [5, 5.41) is 5.86. The molecule has 2 N–H and O–H groups in total. The molecule has 1 fully saturated rings. The predicted octanol–water partition coefficient (Wildman–Crippen LogP) is 3.90. The van der Waals surface area contributed by atoms with Crippen LogP contribution in [0, 0.1) is 5.92 Å². The Hall–Kier alpha value is -1.86. The summed E-state index contributed by atoms with van der Waals surface area (Å²) in [7, 11) is -2.77. The molecule has 1 aliphatic carbocycles. The van der Waals surface area contributed by atoms with Gasteiger partial charge in [0.1, 0.15) is 7.14 Å². The lowest BCUT2D eigenvalue weighted by atomic mass is 9.86. The zero-order valence-corrected chi connectivity index (χ0v) is 14.9. The van der Waals surface area contributed by atoms with Gasteiger partial charge < -0.3 is 10.4 Å². The van der Waals surface area contributed by atoms with Crippen molar-refractivity contribution in [3.8, 4) is 0 Å². The molecular weight excluding hydrogens is 315 g/mol. The van der Waals surface area contributed by atoms with Crippen LogP contribution in [0.25, 0.3) is 0 Å². The van der Waals surface area contributed by atoms with Crippen molar-refractivity contribution < 1.29 is 4.57 Å². The summed E-state index contributed by atoms with van der Waals surface area (Å²) in [4.78, 5) is 0. The SMILES string of the molecule is N/N=C(/CP(=O)(c1ccccc1)c1ccccc1)C1CCCCC1. The largest absolute Gasteiger partial charge is 0.323 e. The summed E-state index contributed by atoms with van der Waals surface area (Å²) in [5.41, 5.74) is 0.922. The molecule has 3 rings (SSSR count). The number of hydrazone groups is 1. The van der Waals surface area contributed by atoms with Gasteiger partial charge in [0.05, 0.1) is 0 Å². The minimum Gasteiger partial charge on any atom is -0.323 e. The second kappa shape index (κ2) is 7.81. The lowest BCUT2D eigenvalue weighted by Gasteiger charge is -2.26. The molecule has 1 aliphatic rings. The molecule has 0 aliphatic heterocycles. The van der Waals surface area contributed by atoms with Crippen LogP contribution in [0.3, 0.4) is 0 Å². The molecule has 4 heteroatoms. The van der Waals surface area contributed by atoms with E-state index < -0.39 is 7.14 Å². The molecule has 126 valence electrons. The number of rotatable bonds is 5. The lowest BCUT2D eigenvalue weighted by Crippen LogP contribution is -2.28. The van der Waals surface area contributed by atoms with E-state index in [4.69, 9.17) is 5.84 Å². The molecule has 0 heterocycles. The van der Waals surface area contributed by atoms with Crippen molar-refractivity contribution >= 4 is 23.5 Å². The monoisotopic (exact) mass is 340 g/mol. The minimum absolute atomic E-state index is 0.379. The van der Waals surface area contributed by atoms with Gasteiger partial charge in [-0.2, -0.15) is 5.10 Å². The zero-order valence-electron chi connectivity index (χ0n) is 14.0. The van der Waals surface area contributed by atoms with E-state index in [2.05, 4.69) is 5.10 Å². The average Bonchev–Trinajstić information content (AvgIpc) is 2.68. The average molecular weight is 340 g/mol. The normalized spacial score (nSPS) is 16.9. The van der Waals surface area contributed by atoms with Crippen LogP contribution < -0.4 is 16.5 Å². The first kappa shape index (κ1) is 17.0. The molecular formula is C20H25N2OP. The summed E-state index contributed by atoms with van der Waals surface area (Å²) in [6.45, 7) is 0. The van der Waals surface area contributed by atoms with Crippen molar-refractivity contribution in [1.29, 1.82) is 0 Å². The number of nitrogens with zero attached hydrogens (tertiary/aromatic N) is 1. The molecule has 3 nitrogen and oxygen atoms in total. The molecule has 0 unspecified atom stereocenters. The smallest absolute Gasteiger partial charge is 0.148 e. The van der Waals surface area contributed by atoms with Crippen LogP contribution in [0.15, 0.2) is 65.8 Å². The van der Waals surface area contributed by atoms with E-state index in [0.717, 1.165) is 29.2 Å². The fourth-order valence-electron chi connectivity index (χ4n) is 3.61. The Morgan fingerprint density at radius 3 is 1.88 bits per heavy atom. The quantitative estimate of drug-likeness (QED) is 0.388. The minimum atomic E-state index is -2.77. The summed E-state index contributed by atoms with van der Waals surface area (Å²) in [5.74, 6) is 6.11. The third kappa shape index (κ3) is 3.62. The third-order valence-corrected chi connectivity index (χ3v) is 8.01. The Morgan fingerprint density at radius 2 is 1.42 bits per heavy atom. The van der Waals surface area contributed by atoms with Crippen LogP contribution in [-0.4, -0.2) is 11.9 Å². The molecule has 0 saturated heterocycles. The molecule has 1 saturated carbocycles. The maximum atomic E-state index is 14.1. The van der Waals surface area contributed by atoms with Gasteiger partial charge in [-0.3, -0.25) is 0 Å². The van der Waals surface area contributed by atoms with E-state index in [-0.39, 0.29) is 0 Å². The van der Waals surface area contributed by atoms with Gasteiger partial charge in [-0.05, 0) is 18.8 Å². The van der Waals surface area contributed by atoms with Crippen LogP contribution in [0.4, 0.5) is 0 Å². The Bertz CT molecular complexity index is 678. The van der Waals surface area contributed by atoms with Crippen LogP contribution >= 0.6 is 7.14 Å². The van der Waals surface area contributed by atoms with Crippen LogP contribution in [0.1, 0.15) is 32.1 Å². The van der Waals surface area contributed by atoms with E-state index in [0.29, 0.717) is 12.1 Å². The summed E-state index contributed by atoms with van der Waals surface area (Å²) < 4.78 is 14.1. The molecule has 0 atom stereocenters. The maximum Gasteiger partial charge on any atom is 0.148 e. The van der Waals surface area contributed by atoms with Gasteiger partial charge in [0.15, 0.2) is 0 Å². The van der Waals surface area contributed by atoms with Gasteiger partial charge in [0, 0.05) is 22.5 Å². The summed E-state index contributed by atoms with van der Waals surface area (Å²) in [6.07, 6.45) is 6.38. The molecule has 2 aromatic rings. The molecule has 0 amide bonds. The van der Waals surface area contributed by atoms with Gasteiger partial charge in [-0.25, -0.2) is 0 Å². The molecule has 24 heavy (non-hydrogen) atoms. The van der Waals surface area contributed by atoms with Crippen LogP contribution in [0.2, 0.25) is 0 Å². The highest BCUT2D eigenvalue weighted by Gasteiger charge is 2.32. The topological polar surface area (TPSA) is 55.4 Å². The summed E-state index contributed by atoms with van der Waals surface area (Å²) >= 11 is 0. The second-order valence-electron chi connectivity index (χ2n) is 6.52. The Morgan fingerprint density at radius 1 is 0.917 bits per heavy atom. The van der Waals surface area contributed by atoms with Crippen molar-refractivity contribution in [2.24, 2.45) is 16.9 Å². The molecule has 0 radical (unpaired) electrons. The Balaban J connectivity index is 1.98. The molecule has 0 spiro atoms. The van der Waals surface area contributed by atoms with E-state index in [1.807, 2.05) is 60.7 Å². The fraction of sp³-hybridized carbons (Fsp3) is 0.350. The zero-order chi connectivity index (χ0) is 16.8. The van der Waals surface area contributed by atoms with Gasteiger partial charge in [0.25, 0.3) is 0 Å². The van der Waals surface area contributed by atoms with E-state index in [1.54, 1.807) is 0 Å². The maximum absolute atomic E-state index is 14.1. The fourth-order valence-corrected chi connectivity index (χ4v) is 6.38. The van der Waals surface area contributed by atoms with Crippen molar-refractivity contribution in [2.45, 2.75) is 32.1 Å². The highest BCUT2D eigenvalue weighted by atomic mass is 31.2. The number of hydrogen-bond acceptors (Lipinski definition) is 3. The van der Waals surface area contributed by atoms with Crippen molar-refractivity contribution in [2.75, 3.05) is 6.16 Å². The molecule has 0 bridgehead atoms. The van der Waals surface area contributed by atoms with E-state index in [1.165, 1.54) is 19.3 Å². The Labute approximate surface area is 144 Å². The van der Waals surface area contributed by atoms with Crippen molar-refractivity contribution in [3.63, 3.8) is 0 Å². The van der Waals surface area contributed by atoms with Gasteiger partial charge >= 0.3 is 0 Å². The van der Waals surface area contributed by atoms with Gasteiger partial charge in [-0.15, -0.1) is 0 Å². The van der Waals surface area contributed by atoms with E-state index in [9.17, 15) is 4.57 Å². The molecule has 0 aromatic heterocycles. The Kier molecular flexibility index (Phi) is 5.52. The number of hydrogen-bond donors (Lipinski definition) is 1. The van der Waals surface area contributed by atoms with Gasteiger partial charge in [-0.1, -0.05) is 79.9 Å². The standard InChI is InChI=1S/C20H25N2OP/c21-22-20(17-10-4-1-5-11-17)16-24(23,18-12-6-2-7-13-18)19-14-8-3-9-15-19/h2-3,6-9,12-15,17H,1,4-5,10-11,16,21H2/b22-20-.